The summed E-state index contributed by atoms with van der Waals surface area (Å²) >= 11 is 3.39. The van der Waals surface area contributed by atoms with Crippen molar-refractivity contribution in [2.45, 2.75) is 36.9 Å². The minimum Gasteiger partial charge on any atom is -0.207 e. The molecule has 2 aliphatic rings. The Morgan fingerprint density at radius 3 is 2.32 bits per heavy atom. The Hall–Kier alpha value is -0.510. The van der Waals surface area contributed by atoms with Gasteiger partial charge < -0.3 is 0 Å². The van der Waals surface area contributed by atoms with Crippen molar-refractivity contribution in [3.05, 3.63) is 35.1 Å². The van der Waals surface area contributed by atoms with Gasteiger partial charge in [-0.3, -0.25) is 0 Å². The predicted octanol–water partition coefficient (Wildman–Crippen LogP) is 5.37. The largest absolute Gasteiger partial charge is 0.207 e. The van der Waals surface area contributed by atoms with Gasteiger partial charge in [-0.2, -0.15) is 0 Å². The van der Waals surface area contributed by atoms with Crippen LogP contribution in [0.4, 0.5) is 13.2 Å². The Kier molecular flexibility index (Phi) is 3.63. The molecule has 19 heavy (non-hydrogen) atoms. The Morgan fingerprint density at radius 2 is 1.79 bits per heavy atom. The quantitative estimate of drug-likeness (QED) is 0.653. The molecule has 4 atom stereocenters. The molecule has 4 heteroatoms. The Labute approximate surface area is 119 Å². The Morgan fingerprint density at radius 1 is 1.11 bits per heavy atom. The topological polar surface area (TPSA) is 0 Å². The van der Waals surface area contributed by atoms with E-state index in [1.807, 2.05) is 0 Å². The summed E-state index contributed by atoms with van der Waals surface area (Å²) in [6.45, 7) is 0. The van der Waals surface area contributed by atoms with E-state index in [9.17, 15) is 13.2 Å². The number of benzene rings is 1. The molecular weight excluding hydrogens is 317 g/mol. The first kappa shape index (κ1) is 13.5. The highest BCUT2D eigenvalue weighted by molar-refractivity contribution is 9.09. The summed E-state index contributed by atoms with van der Waals surface area (Å²) in [7, 11) is 0. The monoisotopic (exact) mass is 332 g/mol. The second kappa shape index (κ2) is 5.12. The molecule has 0 aliphatic heterocycles. The van der Waals surface area contributed by atoms with E-state index >= 15 is 0 Å². The molecule has 2 aliphatic carbocycles. The number of rotatable bonds is 3. The van der Waals surface area contributed by atoms with Crippen molar-refractivity contribution >= 4 is 15.9 Å². The van der Waals surface area contributed by atoms with E-state index in [-0.39, 0.29) is 10.4 Å². The first-order chi connectivity index (χ1) is 9.04. The third kappa shape index (κ3) is 2.56. The fraction of sp³-hybridized carbons (Fsp3) is 0.600. The van der Waals surface area contributed by atoms with E-state index < -0.39 is 17.5 Å². The lowest BCUT2D eigenvalue weighted by molar-refractivity contribution is 0.311. The van der Waals surface area contributed by atoms with Gasteiger partial charge in [0.15, 0.2) is 0 Å². The zero-order chi connectivity index (χ0) is 13.6. The molecular formula is C15H16BrF3. The van der Waals surface area contributed by atoms with Crippen LogP contribution in [0.1, 0.15) is 42.5 Å². The summed E-state index contributed by atoms with van der Waals surface area (Å²) in [6, 6.07) is 1.51. The van der Waals surface area contributed by atoms with E-state index in [1.165, 1.54) is 25.7 Å². The highest BCUT2D eigenvalue weighted by Crippen LogP contribution is 2.52. The number of alkyl halides is 1. The summed E-state index contributed by atoms with van der Waals surface area (Å²) in [5, 5.41) is 0. The van der Waals surface area contributed by atoms with Crippen LogP contribution in [0.3, 0.4) is 0 Å². The number of hydrogen-bond acceptors (Lipinski definition) is 0. The minimum absolute atomic E-state index is 0.0239. The maximum atomic E-state index is 13.7. The normalized spacial score (nSPS) is 30.8. The van der Waals surface area contributed by atoms with Gasteiger partial charge in [-0.15, -0.1) is 0 Å². The van der Waals surface area contributed by atoms with Crippen LogP contribution in [0.25, 0.3) is 0 Å². The number of halogens is 4. The molecule has 0 heterocycles. The second-order valence-corrected chi connectivity index (χ2v) is 7.03. The van der Waals surface area contributed by atoms with Gasteiger partial charge in [0, 0.05) is 22.5 Å². The predicted molar refractivity (Wildman–Crippen MR) is 71.5 cm³/mol. The first-order valence-electron chi connectivity index (χ1n) is 6.83. The molecule has 2 bridgehead atoms. The summed E-state index contributed by atoms with van der Waals surface area (Å²) in [5.41, 5.74) is -0.0239. The summed E-state index contributed by atoms with van der Waals surface area (Å²) < 4.78 is 40.3. The minimum atomic E-state index is -0.863. The van der Waals surface area contributed by atoms with E-state index in [0.717, 1.165) is 30.4 Å². The molecule has 2 saturated carbocycles. The third-order valence-corrected chi connectivity index (χ3v) is 5.58. The molecule has 104 valence electrons. The molecule has 0 aromatic heterocycles. The van der Waals surface area contributed by atoms with E-state index in [0.29, 0.717) is 5.92 Å². The van der Waals surface area contributed by atoms with E-state index in [4.69, 9.17) is 0 Å². The van der Waals surface area contributed by atoms with Crippen molar-refractivity contribution in [3.63, 3.8) is 0 Å². The zero-order valence-corrected chi connectivity index (χ0v) is 12.1. The van der Waals surface area contributed by atoms with Crippen LogP contribution in [0.5, 0.6) is 0 Å². The van der Waals surface area contributed by atoms with Crippen molar-refractivity contribution < 1.29 is 13.2 Å². The average molecular weight is 333 g/mol. The van der Waals surface area contributed by atoms with Gasteiger partial charge in [-0.25, -0.2) is 13.2 Å². The van der Waals surface area contributed by atoms with Crippen LogP contribution in [0, 0.1) is 35.2 Å². The molecule has 3 rings (SSSR count). The van der Waals surface area contributed by atoms with Gasteiger partial charge in [0.05, 0.1) is 0 Å². The van der Waals surface area contributed by atoms with Gasteiger partial charge in [-0.1, -0.05) is 22.4 Å². The molecule has 4 unspecified atom stereocenters. The number of hydrogen-bond donors (Lipinski definition) is 0. The lowest BCUT2D eigenvalue weighted by Gasteiger charge is -2.24. The molecule has 0 amide bonds. The summed E-state index contributed by atoms with van der Waals surface area (Å²) in [5.74, 6) is -0.357. The molecule has 0 radical (unpaired) electrons. The lowest BCUT2D eigenvalue weighted by atomic mass is 9.84. The Balaban J connectivity index is 1.75. The Bertz CT molecular complexity index is 465. The third-order valence-electron chi connectivity index (χ3n) is 4.75. The first-order valence-corrected chi connectivity index (χ1v) is 7.74. The van der Waals surface area contributed by atoms with Gasteiger partial charge >= 0.3 is 0 Å². The van der Waals surface area contributed by atoms with Gasteiger partial charge in [-0.05, 0) is 43.4 Å². The average Bonchev–Trinajstić information content (AvgIpc) is 2.89. The van der Waals surface area contributed by atoms with Gasteiger partial charge in [0.2, 0.25) is 0 Å². The standard InChI is InChI=1S/C15H16BrF3/c16-12(5-10-4-8-1-2-9(10)3-8)15-13(18)6-11(17)7-14(15)19/h6-10,12H,1-5H2. The lowest BCUT2D eigenvalue weighted by Crippen LogP contribution is -2.13. The van der Waals surface area contributed by atoms with Crippen LogP contribution in [0.2, 0.25) is 0 Å². The van der Waals surface area contributed by atoms with Crippen LogP contribution in [-0.4, -0.2) is 0 Å². The molecule has 0 N–H and O–H groups in total. The van der Waals surface area contributed by atoms with Crippen molar-refractivity contribution in [1.29, 1.82) is 0 Å². The highest BCUT2D eigenvalue weighted by Gasteiger charge is 2.40. The van der Waals surface area contributed by atoms with Crippen LogP contribution in [-0.2, 0) is 0 Å². The SMILES string of the molecule is Fc1cc(F)c(C(Br)CC2CC3CCC2C3)c(F)c1. The molecule has 0 nitrogen and oxygen atoms in total. The fourth-order valence-corrected chi connectivity index (χ4v) is 4.82. The van der Waals surface area contributed by atoms with Gasteiger partial charge in [0.25, 0.3) is 0 Å². The molecule has 0 spiro atoms. The van der Waals surface area contributed by atoms with Crippen LogP contribution < -0.4 is 0 Å². The van der Waals surface area contributed by atoms with Crippen molar-refractivity contribution in [3.8, 4) is 0 Å². The number of fused-ring (bicyclic) bond motifs is 2. The second-order valence-electron chi connectivity index (χ2n) is 5.92. The highest BCUT2D eigenvalue weighted by atomic mass is 79.9. The van der Waals surface area contributed by atoms with E-state index in [1.54, 1.807) is 0 Å². The molecule has 1 aromatic rings. The van der Waals surface area contributed by atoms with Crippen molar-refractivity contribution in [2.75, 3.05) is 0 Å². The maximum absolute atomic E-state index is 13.7. The van der Waals surface area contributed by atoms with Crippen molar-refractivity contribution in [1.82, 2.24) is 0 Å². The fourth-order valence-electron chi connectivity index (χ4n) is 3.90. The van der Waals surface area contributed by atoms with E-state index in [2.05, 4.69) is 15.9 Å². The summed E-state index contributed by atoms with van der Waals surface area (Å²) in [4.78, 5) is -0.363. The summed E-state index contributed by atoms with van der Waals surface area (Å²) in [6.07, 6.45) is 5.76. The molecule has 0 saturated heterocycles. The van der Waals surface area contributed by atoms with Gasteiger partial charge in [0.1, 0.15) is 17.5 Å². The smallest absolute Gasteiger partial charge is 0.133 e. The maximum Gasteiger partial charge on any atom is 0.133 e. The van der Waals surface area contributed by atoms with Crippen molar-refractivity contribution in [2.24, 2.45) is 17.8 Å². The van der Waals surface area contributed by atoms with Crippen LogP contribution in [0.15, 0.2) is 12.1 Å². The zero-order valence-electron chi connectivity index (χ0n) is 10.5. The van der Waals surface area contributed by atoms with Crippen LogP contribution >= 0.6 is 15.9 Å². The molecule has 1 aromatic carbocycles. The molecule has 2 fully saturated rings.